The van der Waals surface area contributed by atoms with Crippen LogP contribution in [0.3, 0.4) is 0 Å². The summed E-state index contributed by atoms with van der Waals surface area (Å²) in [6.07, 6.45) is -2.76. The summed E-state index contributed by atoms with van der Waals surface area (Å²) < 4.78 is 37.8. The minimum atomic E-state index is -4.45. The van der Waals surface area contributed by atoms with Gasteiger partial charge in [0.05, 0.1) is 31.4 Å². The van der Waals surface area contributed by atoms with Gasteiger partial charge in [-0.3, -0.25) is 19.5 Å². The molecule has 1 spiro atoms. The number of carbonyl (C=O) groups excluding carboxylic acids is 3. The average molecular weight is 549 g/mol. The van der Waals surface area contributed by atoms with Gasteiger partial charge in [-0.2, -0.15) is 18.3 Å². The zero-order valence-corrected chi connectivity index (χ0v) is 20.9. The molecule has 2 aliphatic heterocycles. The van der Waals surface area contributed by atoms with E-state index in [4.69, 9.17) is 11.6 Å². The number of Topliss-reactive ketones (excluding diaryl/α,β-unsaturated/α-hetero) is 1. The number of piperidine rings is 1. The summed E-state index contributed by atoms with van der Waals surface area (Å²) in [7, 11) is 0. The molecule has 0 bridgehead atoms. The molecule has 5 rings (SSSR count). The van der Waals surface area contributed by atoms with E-state index in [1.54, 1.807) is 41.4 Å². The Kier molecular flexibility index (Phi) is 6.76. The minimum absolute atomic E-state index is 0.0337. The van der Waals surface area contributed by atoms with Crippen molar-refractivity contribution in [2.45, 2.75) is 37.4 Å². The zero-order valence-electron chi connectivity index (χ0n) is 20.2. The Bertz CT molecular complexity index is 1390. The minimum Gasteiger partial charge on any atom is -0.339 e. The number of hydrogen-bond donors (Lipinski definition) is 1. The lowest BCUT2D eigenvalue weighted by Crippen LogP contribution is -2.57. The molecule has 0 radical (unpaired) electrons. The second-order valence-corrected chi connectivity index (χ2v) is 10.00. The number of pyridine rings is 1. The van der Waals surface area contributed by atoms with Crippen LogP contribution in [0, 0.1) is 0 Å². The molecule has 2 aromatic heterocycles. The lowest BCUT2D eigenvalue weighted by atomic mass is 9.85. The molecule has 1 aromatic carbocycles. The summed E-state index contributed by atoms with van der Waals surface area (Å²) in [5, 5.41) is 7.81. The fraction of sp³-hybridized carbons (Fsp3) is 0.400. The topological polar surface area (TPSA) is 102 Å². The van der Waals surface area contributed by atoms with Gasteiger partial charge in [0.15, 0.2) is 11.4 Å². The van der Waals surface area contributed by atoms with Gasteiger partial charge in [0.2, 0.25) is 5.91 Å². The first-order chi connectivity index (χ1) is 18.1. The number of alkyl halides is 3. The van der Waals surface area contributed by atoms with Gasteiger partial charge in [0, 0.05) is 41.8 Å². The molecule has 0 saturated carbocycles. The number of halogens is 4. The van der Waals surface area contributed by atoms with Crippen LogP contribution < -0.4 is 4.90 Å². The predicted octanol–water partition coefficient (Wildman–Crippen LogP) is 3.80. The van der Waals surface area contributed by atoms with E-state index in [0.29, 0.717) is 27.3 Å². The molecule has 4 heterocycles. The Morgan fingerprint density at radius 3 is 2.61 bits per heavy atom. The molecule has 2 amide bonds. The highest BCUT2D eigenvalue weighted by atomic mass is 35.5. The Hall–Kier alpha value is -3.67. The molecule has 0 aliphatic carbocycles. The van der Waals surface area contributed by atoms with Crippen molar-refractivity contribution in [2.24, 2.45) is 0 Å². The highest BCUT2D eigenvalue weighted by Gasteiger charge is 2.54. The standard InChI is InChI=1S/C25H24ClF3N6O3/c26-18-2-1-3-19(11-18)35-15-34(14-20(36)4-5-25(27,28)29)23(38)24(35)6-8-33(9-7-24)22(37)17-10-16-13-31-32-21(16)30-12-17/h1-3,10-13H,4-9,14-15H2,(H,30,31,32). The van der Waals surface area contributed by atoms with E-state index in [1.807, 2.05) is 4.90 Å². The van der Waals surface area contributed by atoms with Crippen molar-refractivity contribution >= 4 is 45.9 Å². The zero-order chi connectivity index (χ0) is 27.1. The first-order valence-corrected chi connectivity index (χ1v) is 12.4. The number of rotatable bonds is 6. The SMILES string of the molecule is O=C(CCC(F)(F)F)CN1CN(c2cccc(Cl)c2)C2(CCN(C(=O)c3cnc4[nH]ncc4c3)CC2)C1=O. The fourth-order valence-electron chi connectivity index (χ4n) is 5.15. The van der Waals surface area contributed by atoms with Crippen LogP contribution in [0.5, 0.6) is 0 Å². The Morgan fingerprint density at radius 1 is 1.13 bits per heavy atom. The van der Waals surface area contributed by atoms with Crippen molar-refractivity contribution in [3.8, 4) is 0 Å². The van der Waals surface area contributed by atoms with E-state index >= 15 is 0 Å². The number of hydrogen-bond acceptors (Lipinski definition) is 6. The largest absolute Gasteiger partial charge is 0.389 e. The van der Waals surface area contributed by atoms with Crippen LogP contribution in [0.25, 0.3) is 11.0 Å². The fourth-order valence-corrected chi connectivity index (χ4v) is 5.33. The summed E-state index contributed by atoms with van der Waals surface area (Å²) in [5.74, 6) is -1.23. The molecule has 13 heteroatoms. The van der Waals surface area contributed by atoms with E-state index in [1.165, 1.54) is 11.1 Å². The van der Waals surface area contributed by atoms with Crippen molar-refractivity contribution in [2.75, 3.05) is 31.2 Å². The van der Waals surface area contributed by atoms with E-state index < -0.39 is 36.9 Å². The summed E-state index contributed by atoms with van der Waals surface area (Å²) in [4.78, 5) is 48.2. The van der Waals surface area contributed by atoms with Gasteiger partial charge >= 0.3 is 6.18 Å². The number of aromatic nitrogens is 3. The van der Waals surface area contributed by atoms with Gasteiger partial charge in [-0.1, -0.05) is 17.7 Å². The quantitative estimate of drug-likeness (QED) is 0.503. The number of benzene rings is 1. The number of amides is 2. The van der Waals surface area contributed by atoms with Crippen LogP contribution in [0.2, 0.25) is 5.02 Å². The summed E-state index contributed by atoms with van der Waals surface area (Å²) in [6, 6.07) is 8.63. The summed E-state index contributed by atoms with van der Waals surface area (Å²) in [5.41, 5.74) is 0.567. The van der Waals surface area contributed by atoms with Crippen LogP contribution in [-0.4, -0.2) is 80.6 Å². The molecule has 200 valence electrons. The smallest absolute Gasteiger partial charge is 0.339 e. The van der Waals surface area contributed by atoms with E-state index in [-0.39, 0.29) is 44.4 Å². The van der Waals surface area contributed by atoms with Gasteiger partial charge in [0.25, 0.3) is 5.91 Å². The van der Waals surface area contributed by atoms with E-state index in [0.717, 1.165) is 0 Å². The monoisotopic (exact) mass is 548 g/mol. The maximum absolute atomic E-state index is 13.7. The molecule has 0 unspecified atom stereocenters. The Morgan fingerprint density at radius 2 is 1.89 bits per heavy atom. The maximum Gasteiger partial charge on any atom is 0.389 e. The molecule has 38 heavy (non-hydrogen) atoms. The van der Waals surface area contributed by atoms with E-state index in [2.05, 4.69) is 15.2 Å². The van der Waals surface area contributed by atoms with Crippen molar-refractivity contribution in [1.29, 1.82) is 0 Å². The third-order valence-electron chi connectivity index (χ3n) is 7.10. The first kappa shape index (κ1) is 26.0. The van der Waals surface area contributed by atoms with Gasteiger partial charge in [-0.05, 0) is 37.1 Å². The van der Waals surface area contributed by atoms with Gasteiger partial charge in [0.1, 0.15) is 5.54 Å². The number of nitrogens with zero attached hydrogens (tertiary/aromatic N) is 5. The maximum atomic E-state index is 13.7. The van der Waals surface area contributed by atoms with Gasteiger partial charge in [-0.25, -0.2) is 4.98 Å². The molecule has 2 fully saturated rings. The number of likely N-dealkylation sites (tertiary alicyclic amines) is 1. The number of nitrogens with one attached hydrogen (secondary N) is 1. The average Bonchev–Trinajstić information content (AvgIpc) is 3.46. The molecule has 0 atom stereocenters. The second-order valence-electron chi connectivity index (χ2n) is 9.56. The highest BCUT2D eigenvalue weighted by Crippen LogP contribution is 2.40. The lowest BCUT2D eigenvalue weighted by Gasteiger charge is -2.43. The molecular formula is C25H24ClF3N6O3. The first-order valence-electron chi connectivity index (χ1n) is 12.1. The van der Waals surface area contributed by atoms with Gasteiger partial charge < -0.3 is 14.7 Å². The molecule has 2 saturated heterocycles. The number of H-pyrrole nitrogens is 1. The number of ketones is 1. The Labute approximate surface area is 220 Å². The Balaban J connectivity index is 1.35. The van der Waals surface area contributed by atoms with Crippen LogP contribution in [-0.2, 0) is 9.59 Å². The van der Waals surface area contributed by atoms with Crippen LogP contribution in [0.1, 0.15) is 36.0 Å². The summed E-state index contributed by atoms with van der Waals surface area (Å²) in [6.45, 7) is 0.153. The number of carbonyl (C=O) groups is 3. The number of aromatic amines is 1. The van der Waals surface area contributed by atoms with Crippen molar-refractivity contribution in [3.05, 3.63) is 53.3 Å². The second kappa shape index (κ2) is 9.90. The van der Waals surface area contributed by atoms with Crippen LogP contribution in [0.4, 0.5) is 18.9 Å². The summed E-state index contributed by atoms with van der Waals surface area (Å²) >= 11 is 6.21. The number of fused-ring (bicyclic) bond motifs is 1. The number of anilines is 1. The van der Waals surface area contributed by atoms with Crippen molar-refractivity contribution in [1.82, 2.24) is 25.0 Å². The third kappa shape index (κ3) is 5.04. The van der Waals surface area contributed by atoms with Crippen LogP contribution in [0.15, 0.2) is 42.7 Å². The normalized spacial score (nSPS) is 17.6. The molecule has 9 nitrogen and oxygen atoms in total. The molecule has 3 aromatic rings. The lowest BCUT2D eigenvalue weighted by molar-refractivity contribution is -0.145. The highest BCUT2D eigenvalue weighted by molar-refractivity contribution is 6.30. The molecular weight excluding hydrogens is 525 g/mol. The van der Waals surface area contributed by atoms with Crippen molar-refractivity contribution in [3.63, 3.8) is 0 Å². The van der Waals surface area contributed by atoms with Gasteiger partial charge in [-0.15, -0.1) is 0 Å². The van der Waals surface area contributed by atoms with Crippen molar-refractivity contribution < 1.29 is 27.6 Å². The van der Waals surface area contributed by atoms with E-state index in [9.17, 15) is 27.6 Å². The third-order valence-corrected chi connectivity index (χ3v) is 7.34. The van der Waals surface area contributed by atoms with Crippen LogP contribution >= 0.6 is 11.6 Å². The molecule has 2 aliphatic rings. The predicted molar refractivity (Wildman–Crippen MR) is 133 cm³/mol. The molecule has 1 N–H and O–H groups in total.